The fourth-order valence-electron chi connectivity index (χ4n) is 7.48. The Bertz CT molecular complexity index is 3230. The minimum absolute atomic E-state index is 0.0349. The van der Waals surface area contributed by atoms with Crippen LogP contribution in [0.15, 0.2) is 116 Å². The van der Waals surface area contributed by atoms with Crippen LogP contribution in [-0.4, -0.2) is 64.8 Å². The average Bonchev–Trinajstić information content (AvgIpc) is 1.54. The van der Waals surface area contributed by atoms with Crippen molar-refractivity contribution in [3.8, 4) is 37.0 Å². The molecule has 8 rings (SSSR count). The molecule has 8 heterocycles. The van der Waals surface area contributed by atoms with Gasteiger partial charge in [0.15, 0.2) is 0 Å². The molecular formula is C78H109N13. The van der Waals surface area contributed by atoms with E-state index in [1.807, 2.05) is 82.7 Å². The number of aryl methyl sites for hydroxylation is 5. The van der Waals surface area contributed by atoms with Crippen LogP contribution < -0.4 is 0 Å². The number of pyridine rings is 3. The van der Waals surface area contributed by atoms with E-state index >= 15 is 0 Å². The fourth-order valence-corrected chi connectivity index (χ4v) is 7.48. The topological polar surface area (TPSA) is 168 Å². The molecule has 0 N–H and O–H groups in total. The summed E-state index contributed by atoms with van der Waals surface area (Å²) in [6.45, 7) is 61.4. The molecule has 91 heavy (non-hydrogen) atoms. The van der Waals surface area contributed by atoms with Gasteiger partial charge in [-0.25, -0.2) is 49.8 Å². The Balaban J connectivity index is 0.000000520. The van der Waals surface area contributed by atoms with E-state index in [-0.39, 0.29) is 43.3 Å². The summed E-state index contributed by atoms with van der Waals surface area (Å²) in [6, 6.07) is 24.0. The molecule has 0 saturated heterocycles. The van der Waals surface area contributed by atoms with Crippen molar-refractivity contribution in [3.63, 3.8) is 0 Å². The van der Waals surface area contributed by atoms with Crippen LogP contribution in [0, 0.1) is 71.7 Å². The van der Waals surface area contributed by atoms with E-state index in [0.717, 1.165) is 62.9 Å². The highest BCUT2D eigenvalue weighted by Gasteiger charge is 2.20. The largest absolute Gasteiger partial charge is 0.262 e. The zero-order valence-corrected chi connectivity index (χ0v) is 61.0. The van der Waals surface area contributed by atoms with Crippen LogP contribution in [0.3, 0.4) is 0 Å². The third-order valence-corrected chi connectivity index (χ3v) is 13.0. The SMILES string of the molecule is C#Cc1cc(C(C)(C)C)ncn1.C#Cc1ccnc(C(C)(C)C)n1.C#Cc1nccc(C(C)(C)C)n1.Cc1cc(C(C)(C)C)ccn1.Cc1cc(C(C)(C)C)ncn1.Cc1cccc(C(C)(C)C)n1.Cc1nccc(C(C)(C)C)n1.Cc1ncccc1C(C)(C)C. The Morgan fingerprint density at radius 1 is 0.308 bits per heavy atom. The van der Waals surface area contributed by atoms with Gasteiger partial charge in [0.2, 0.25) is 5.82 Å². The molecule has 13 nitrogen and oxygen atoms in total. The number of terminal acetylenes is 3. The molecule has 0 fully saturated rings. The smallest absolute Gasteiger partial charge is 0.204 e. The monoisotopic (exact) mass is 1230 g/mol. The second-order valence-corrected chi connectivity index (χ2v) is 30.3. The van der Waals surface area contributed by atoms with Gasteiger partial charge in [-0.05, 0) is 123 Å². The molecule has 0 unspecified atom stereocenters. The number of rotatable bonds is 0. The van der Waals surface area contributed by atoms with Gasteiger partial charge in [0, 0.05) is 103 Å². The van der Waals surface area contributed by atoms with Gasteiger partial charge in [0.05, 0.1) is 11.4 Å². The molecule has 0 aromatic carbocycles. The van der Waals surface area contributed by atoms with Crippen LogP contribution in [0.4, 0.5) is 0 Å². The molecule has 0 aliphatic carbocycles. The van der Waals surface area contributed by atoms with E-state index in [2.05, 4.69) is 286 Å². The second-order valence-electron chi connectivity index (χ2n) is 30.3. The molecule has 0 aliphatic heterocycles. The maximum Gasteiger partial charge on any atom is 0.204 e. The van der Waals surface area contributed by atoms with E-state index in [0.29, 0.717) is 17.2 Å². The highest BCUT2D eigenvalue weighted by Crippen LogP contribution is 2.26. The Morgan fingerprint density at radius 2 is 0.791 bits per heavy atom. The number of aromatic nitrogens is 13. The summed E-state index contributed by atoms with van der Waals surface area (Å²) in [7, 11) is 0. The van der Waals surface area contributed by atoms with E-state index in [9.17, 15) is 0 Å². The van der Waals surface area contributed by atoms with Crippen LogP contribution >= 0.6 is 0 Å². The molecule has 0 bridgehead atoms. The Hall–Kier alpha value is -8.47. The first-order valence-electron chi connectivity index (χ1n) is 30.9. The van der Waals surface area contributed by atoms with E-state index < -0.39 is 0 Å². The van der Waals surface area contributed by atoms with Crippen LogP contribution in [0.1, 0.15) is 257 Å². The summed E-state index contributed by atoms with van der Waals surface area (Å²) < 4.78 is 0. The summed E-state index contributed by atoms with van der Waals surface area (Å²) in [5.74, 6) is 9.49. The standard InChI is InChI=1S/3C10H12N2.3C10H15N.2C9H14N2/c1-5-8-6-9(10(2,3)4)12-7-11-8;1-5-9-11-7-6-8(12-9)10(2,3)4;1-5-8-6-7-11-9(12-8)10(2,3)4;1-8-7-9(5-6-11-8)10(2,3)4;1-8-9(10(2,3)4)6-5-7-11-8;1-8-6-5-7-9(11-8)10(2,3)4;1-7-5-8(9(2,3)4)11-6-10-7;1-7-10-6-5-8(11-7)9(2,3)4/h3*1,6-7H,2-4H3;3*5-7H,1-4H3;2*5-6H,1-4H3. The minimum Gasteiger partial charge on any atom is -0.262 e. The van der Waals surface area contributed by atoms with Crippen molar-refractivity contribution in [3.05, 3.63) is 208 Å². The van der Waals surface area contributed by atoms with E-state index in [1.54, 1.807) is 24.8 Å². The summed E-state index contributed by atoms with van der Waals surface area (Å²) in [5, 5.41) is 0. The normalized spacial score (nSPS) is 11.3. The first-order valence-corrected chi connectivity index (χ1v) is 30.9. The van der Waals surface area contributed by atoms with Crippen LogP contribution in [0.5, 0.6) is 0 Å². The molecule has 8 aromatic rings. The molecule has 0 saturated carbocycles. The average molecular weight is 1230 g/mol. The first kappa shape index (κ1) is 80.5. The summed E-state index contributed by atoms with van der Waals surface area (Å²) in [5.41, 5.74) is 14.6. The molecule has 486 valence electrons. The summed E-state index contributed by atoms with van der Waals surface area (Å²) in [6.07, 6.45) is 27.7. The van der Waals surface area contributed by atoms with Crippen molar-refractivity contribution in [1.82, 2.24) is 64.8 Å². The molecular weight excluding hydrogens is 1120 g/mol. The molecule has 8 aromatic heterocycles. The molecule has 0 amide bonds. The highest BCUT2D eigenvalue weighted by atomic mass is 14.9. The van der Waals surface area contributed by atoms with E-state index in [4.69, 9.17) is 19.3 Å². The lowest BCUT2D eigenvalue weighted by atomic mass is 9.86. The van der Waals surface area contributed by atoms with Gasteiger partial charge in [-0.15, -0.1) is 19.3 Å². The minimum atomic E-state index is -0.0349. The van der Waals surface area contributed by atoms with Gasteiger partial charge < -0.3 is 0 Å². The Morgan fingerprint density at radius 3 is 1.19 bits per heavy atom. The molecule has 0 spiro atoms. The number of hydrogen-bond acceptors (Lipinski definition) is 13. The van der Waals surface area contributed by atoms with Crippen molar-refractivity contribution in [1.29, 1.82) is 0 Å². The lowest BCUT2D eigenvalue weighted by molar-refractivity contribution is 0.544. The third-order valence-electron chi connectivity index (χ3n) is 13.0. The van der Waals surface area contributed by atoms with Crippen LogP contribution in [-0.2, 0) is 43.3 Å². The van der Waals surface area contributed by atoms with Crippen molar-refractivity contribution in [2.75, 3.05) is 0 Å². The van der Waals surface area contributed by atoms with Crippen LogP contribution in [0.2, 0.25) is 0 Å². The quantitative estimate of drug-likeness (QED) is 0.132. The lowest BCUT2D eigenvalue weighted by Gasteiger charge is -2.20. The van der Waals surface area contributed by atoms with E-state index in [1.165, 1.54) is 17.5 Å². The van der Waals surface area contributed by atoms with Gasteiger partial charge in [-0.1, -0.05) is 190 Å². The zero-order valence-electron chi connectivity index (χ0n) is 61.0. The summed E-state index contributed by atoms with van der Waals surface area (Å²) in [4.78, 5) is 54.0. The van der Waals surface area contributed by atoms with Gasteiger partial charge in [-0.2, -0.15) is 0 Å². The van der Waals surface area contributed by atoms with Crippen molar-refractivity contribution < 1.29 is 0 Å². The predicted octanol–water partition coefficient (Wildman–Crippen LogP) is 17.5. The fraction of sp³-hybridized carbons (Fsp3) is 0.474. The van der Waals surface area contributed by atoms with Crippen LogP contribution in [0.25, 0.3) is 0 Å². The zero-order chi connectivity index (χ0) is 70.0. The molecule has 0 radical (unpaired) electrons. The first-order chi connectivity index (χ1) is 41.6. The van der Waals surface area contributed by atoms with Crippen molar-refractivity contribution in [2.24, 2.45) is 0 Å². The lowest BCUT2D eigenvalue weighted by Crippen LogP contribution is -2.16. The molecule has 0 atom stereocenters. The van der Waals surface area contributed by atoms with Gasteiger partial charge in [-0.3, -0.25) is 15.0 Å². The number of hydrogen-bond donors (Lipinski definition) is 0. The maximum atomic E-state index is 5.22. The van der Waals surface area contributed by atoms with Crippen molar-refractivity contribution >= 4 is 0 Å². The third kappa shape index (κ3) is 32.2. The number of nitrogens with zero attached hydrogens (tertiary/aromatic N) is 13. The predicted molar refractivity (Wildman–Crippen MR) is 380 cm³/mol. The maximum absolute atomic E-state index is 5.22. The van der Waals surface area contributed by atoms with Gasteiger partial charge in [0.25, 0.3) is 0 Å². The second kappa shape index (κ2) is 35.2. The van der Waals surface area contributed by atoms with Crippen molar-refractivity contribution in [2.45, 2.75) is 244 Å². The molecule has 13 heteroatoms. The summed E-state index contributed by atoms with van der Waals surface area (Å²) >= 11 is 0. The Labute approximate surface area is 550 Å². The van der Waals surface area contributed by atoms with Gasteiger partial charge >= 0.3 is 0 Å². The highest BCUT2D eigenvalue weighted by molar-refractivity contribution is 5.29. The molecule has 0 aliphatic rings. The Kier molecular flexibility index (Phi) is 31.2. The van der Waals surface area contributed by atoms with Gasteiger partial charge in [0.1, 0.15) is 35.7 Å².